The number of phosphoric ester groups is 1. The van der Waals surface area contributed by atoms with Gasteiger partial charge in [0.2, 0.25) is 5.91 Å². The van der Waals surface area contributed by atoms with Crippen molar-refractivity contribution in [3.05, 3.63) is 24.3 Å². The Balaban J connectivity index is 3.59. The molecule has 1 amide bonds. The van der Waals surface area contributed by atoms with E-state index in [-0.39, 0.29) is 32.1 Å². The van der Waals surface area contributed by atoms with Crippen molar-refractivity contribution in [1.82, 2.24) is 5.32 Å². The molecule has 0 fully saturated rings. The summed E-state index contributed by atoms with van der Waals surface area (Å²) >= 11 is 0. The van der Waals surface area contributed by atoms with Crippen molar-refractivity contribution in [2.24, 2.45) is 0 Å². The van der Waals surface area contributed by atoms with Crippen LogP contribution < -0.4 is 5.32 Å². The van der Waals surface area contributed by atoms with Crippen LogP contribution in [0, 0.1) is 0 Å². The van der Waals surface area contributed by atoms with Gasteiger partial charge in [0.05, 0.1) is 13.2 Å². The van der Waals surface area contributed by atoms with E-state index >= 15 is 0 Å². The number of rotatable bonds is 42. The van der Waals surface area contributed by atoms with Crippen molar-refractivity contribution in [3.63, 3.8) is 0 Å². The second-order valence-corrected chi connectivity index (χ2v) is 16.5. The van der Waals surface area contributed by atoms with E-state index in [0.29, 0.717) is 6.42 Å². The van der Waals surface area contributed by atoms with Crippen LogP contribution >= 0.6 is 7.82 Å². The Morgan fingerprint density at radius 3 is 1.39 bits per heavy atom. The molecule has 2 atom stereocenters. The van der Waals surface area contributed by atoms with Crippen LogP contribution in [-0.4, -0.2) is 54.3 Å². The second-order valence-electron chi connectivity index (χ2n) is 15.0. The zero-order valence-corrected chi connectivity index (χ0v) is 35.8. The Hall–Kier alpha value is -1.51. The maximum Gasteiger partial charge on any atom is 0.472 e. The molecule has 0 heterocycles. The monoisotopic (exact) mass is 786 g/mol. The van der Waals surface area contributed by atoms with E-state index in [1.807, 2.05) is 0 Å². The fourth-order valence-corrected chi connectivity index (χ4v) is 6.95. The highest BCUT2D eigenvalue weighted by molar-refractivity contribution is 7.47. The van der Waals surface area contributed by atoms with Crippen molar-refractivity contribution < 1.29 is 37.9 Å². The molecule has 0 saturated carbocycles. The maximum absolute atomic E-state index is 12.1. The van der Waals surface area contributed by atoms with Crippen molar-refractivity contribution in [2.45, 2.75) is 219 Å². The van der Waals surface area contributed by atoms with Crippen molar-refractivity contribution in [1.29, 1.82) is 0 Å². The van der Waals surface area contributed by atoms with Crippen LogP contribution in [0.3, 0.4) is 0 Å². The second kappa shape index (κ2) is 41.1. The van der Waals surface area contributed by atoms with Crippen LogP contribution in [0.25, 0.3) is 0 Å². The van der Waals surface area contributed by atoms with Crippen LogP contribution in [-0.2, 0) is 27.9 Å². The summed E-state index contributed by atoms with van der Waals surface area (Å²) in [4.78, 5) is 33.9. The van der Waals surface area contributed by atoms with Gasteiger partial charge in [0.1, 0.15) is 12.7 Å². The molecule has 10 heteroatoms. The molecule has 318 valence electrons. The minimum absolute atomic E-state index is 0.0784. The van der Waals surface area contributed by atoms with Crippen LogP contribution in [0.5, 0.6) is 0 Å². The molecule has 54 heavy (non-hydrogen) atoms. The van der Waals surface area contributed by atoms with Gasteiger partial charge in [0.25, 0.3) is 0 Å². The molecule has 0 aromatic heterocycles. The first-order valence-corrected chi connectivity index (χ1v) is 23.8. The van der Waals surface area contributed by atoms with Crippen molar-refractivity contribution >= 4 is 19.7 Å². The van der Waals surface area contributed by atoms with Gasteiger partial charge in [-0.25, -0.2) is 4.57 Å². The number of amides is 1. The SMILES string of the molecule is CCCCCCCC/C=C\CCCCCCCC(=O)NCCOP(=O)(O)OCC(O)COC(=O)CCCCCCCCC/C=C\CCCCCCCCC. The van der Waals surface area contributed by atoms with E-state index in [1.165, 1.54) is 135 Å². The number of allylic oxidation sites excluding steroid dienone is 4. The molecule has 0 aliphatic rings. The fraction of sp³-hybridized carbons (Fsp3) is 0.864. The first kappa shape index (κ1) is 52.5. The van der Waals surface area contributed by atoms with Gasteiger partial charge >= 0.3 is 13.8 Å². The quantitative estimate of drug-likeness (QED) is 0.0241. The summed E-state index contributed by atoms with van der Waals surface area (Å²) in [6.45, 7) is 3.55. The summed E-state index contributed by atoms with van der Waals surface area (Å²) < 4.78 is 26.9. The Labute approximate surface area is 331 Å². The lowest BCUT2D eigenvalue weighted by atomic mass is 10.1. The van der Waals surface area contributed by atoms with E-state index < -0.39 is 26.5 Å². The maximum atomic E-state index is 12.1. The normalized spacial score (nSPS) is 13.5. The lowest BCUT2D eigenvalue weighted by molar-refractivity contribution is -0.147. The van der Waals surface area contributed by atoms with E-state index in [9.17, 15) is 24.2 Å². The summed E-state index contributed by atoms with van der Waals surface area (Å²) in [5.74, 6) is -0.525. The van der Waals surface area contributed by atoms with Gasteiger partial charge < -0.3 is 20.1 Å². The lowest BCUT2D eigenvalue weighted by Crippen LogP contribution is -2.27. The van der Waals surface area contributed by atoms with Crippen LogP contribution in [0.1, 0.15) is 213 Å². The van der Waals surface area contributed by atoms with Crippen molar-refractivity contribution in [2.75, 3.05) is 26.4 Å². The zero-order valence-electron chi connectivity index (χ0n) is 34.9. The molecule has 0 aromatic carbocycles. The summed E-state index contributed by atoms with van der Waals surface area (Å²) in [6.07, 6.45) is 43.9. The number of aliphatic hydroxyl groups is 1. The molecule has 0 aliphatic heterocycles. The number of phosphoric acid groups is 1. The molecule has 0 aliphatic carbocycles. The standard InChI is InChI=1S/C44H84NO8P/c1-3-5-7-9-11-13-15-17-19-20-21-23-25-27-29-31-33-35-37-44(48)51-40-42(46)41-53-54(49,50)52-39-38-45-43(47)36-34-32-30-28-26-24-22-18-16-14-12-10-8-6-4-2/h18-20,22,42,46H,3-17,21,23-41H2,1-2H3,(H,45,47)(H,49,50)/b20-19-,22-18-. The molecule has 0 spiro atoms. The molecular formula is C44H84NO8P. The third kappa shape index (κ3) is 41.6. The Morgan fingerprint density at radius 2 is 0.944 bits per heavy atom. The number of carbonyl (C=O) groups is 2. The number of hydrogen-bond acceptors (Lipinski definition) is 7. The number of carbonyl (C=O) groups excluding carboxylic acids is 2. The highest BCUT2D eigenvalue weighted by atomic mass is 31.2. The van der Waals surface area contributed by atoms with Gasteiger partial charge in [-0.2, -0.15) is 0 Å². The number of nitrogens with one attached hydrogen (secondary N) is 1. The van der Waals surface area contributed by atoms with Gasteiger partial charge in [0, 0.05) is 19.4 Å². The number of esters is 1. The minimum Gasteiger partial charge on any atom is -0.463 e. The molecule has 3 N–H and O–H groups in total. The fourth-order valence-electron chi connectivity index (χ4n) is 6.19. The van der Waals surface area contributed by atoms with Gasteiger partial charge in [-0.15, -0.1) is 0 Å². The first-order valence-electron chi connectivity index (χ1n) is 22.3. The Kier molecular flexibility index (Phi) is 40.0. The first-order chi connectivity index (χ1) is 26.3. The van der Waals surface area contributed by atoms with E-state index in [4.69, 9.17) is 13.8 Å². The zero-order chi connectivity index (χ0) is 39.6. The third-order valence-electron chi connectivity index (χ3n) is 9.60. The van der Waals surface area contributed by atoms with E-state index in [2.05, 4.69) is 43.5 Å². The van der Waals surface area contributed by atoms with E-state index in [1.54, 1.807) is 0 Å². The number of hydrogen-bond donors (Lipinski definition) is 3. The average Bonchev–Trinajstić information content (AvgIpc) is 3.16. The van der Waals surface area contributed by atoms with Gasteiger partial charge in [0.15, 0.2) is 0 Å². The molecule has 0 saturated heterocycles. The topological polar surface area (TPSA) is 131 Å². The van der Waals surface area contributed by atoms with Gasteiger partial charge in [-0.1, -0.05) is 160 Å². The predicted octanol–water partition coefficient (Wildman–Crippen LogP) is 12.4. The van der Waals surface area contributed by atoms with Crippen molar-refractivity contribution in [3.8, 4) is 0 Å². The number of unbranched alkanes of at least 4 members (excludes halogenated alkanes) is 25. The van der Waals surface area contributed by atoms with Crippen LogP contribution in [0.15, 0.2) is 24.3 Å². The molecule has 0 radical (unpaired) electrons. The minimum atomic E-state index is -4.42. The summed E-state index contributed by atoms with van der Waals surface area (Å²) in [5.41, 5.74) is 0. The third-order valence-corrected chi connectivity index (χ3v) is 10.6. The van der Waals surface area contributed by atoms with Gasteiger partial charge in [-0.3, -0.25) is 18.6 Å². The Bertz CT molecular complexity index is 944. The molecule has 9 nitrogen and oxygen atoms in total. The summed E-state index contributed by atoms with van der Waals surface area (Å²) in [5, 5.41) is 12.7. The molecule has 0 bridgehead atoms. The molecule has 0 rings (SSSR count). The van der Waals surface area contributed by atoms with Crippen LogP contribution in [0.4, 0.5) is 0 Å². The smallest absolute Gasteiger partial charge is 0.463 e. The highest BCUT2D eigenvalue weighted by Gasteiger charge is 2.23. The molecule has 2 unspecified atom stereocenters. The average molecular weight is 786 g/mol. The van der Waals surface area contributed by atoms with Crippen LogP contribution in [0.2, 0.25) is 0 Å². The van der Waals surface area contributed by atoms with Gasteiger partial charge in [-0.05, 0) is 64.2 Å². The predicted molar refractivity (Wildman–Crippen MR) is 224 cm³/mol. The highest BCUT2D eigenvalue weighted by Crippen LogP contribution is 2.42. The Morgan fingerprint density at radius 1 is 0.556 bits per heavy atom. The number of aliphatic hydroxyl groups excluding tert-OH is 1. The number of ether oxygens (including phenoxy) is 1. The molecule has 0 aromatic rings. The molecular weight excluding hydrogens is 701 g/mol. The summed E-state index contributed by atoms with van der Waals surface area (Å²) in [6, 6.07) is 0. The van der Waals surface area contributed by atoms with E-state index in [0.717, 1.165) is 51.4 Å². The largest absolute Gasteiger partial charge is 0.472 e. The summed E-state index contributed by atoms with van der Waals surface area (Å²) in [7, 11) is -4.42. The lowest BCUT2D eigenvalue weighted by Gasteiger charge is -2.15.